The van der Waals surface area contributed by atoms with Gasteiger partial charge in [0, 0.05) is 72.9 Å². The third-order valence-electron chi connectivity index (χ3n) is 9.75. The summed E-state index contributed by atoms with van der Waals surface area (Å²) in [5.74, 6) is 1.45. The van der Waals surface area contributed by atoms with Crippen LogP contribution in [0.1, 0.15) is 60.4 Å². The molecule has 1 N–H and O–H groups in total. The summed E-state index contributed by atoms with van der Waals surface area (Å²) in [6.07, 6.45) is 1.84. The number of rotatable bonds is 19. The average Bonchev–Trinajstić information content (AvgIpc) is 3.71. The lowest BCUT2D eigenvalue weighted by atomic mass is 9.74. The minimum absolute atomic E-state index is 0.000514. The number of fused-ring (bicyclic) bond motifs is 6. The highest BCUT2D eigenvalue weighted by Gasteiger charge is 2.56. The van der Waals surface area contributed by atoms with Gasteiger partial charge in [0.2, 0.25) is 0 Å². The molecule has 6 rings (SSSR count). The summed E-state index contributed by atoms with van der Waals surface area (Å²) in [5, 5.41) is 17.2. The molecule has 0 bridgehead atoms. The number of benzene rings is 3. The maximum atomic E-state index is 14.4. The standard InChI is InChI=1S/C39H50N6O6/c1-5-42(6-2)30-13-15-34-36(25-30)51-37-26-31(43(7-3)8-4)14-16-35(37)39(34)33-12-10-9-11-32(33)38(47)45(39)18-21-50-28-29-27-44(41-40-29)17-20-48-23-24-49-22-19-46/h9-16,25-27,46H,5-8,17-24,28H2,1-4H3. The summed E-state index contributed by atoms with van der Waals surface area (Å²) >= 11 is 0. The van der Waals surface area contributed by atoms with Gasteiger partial charge in [0.25, 0.3) is 5.91 Å². The number of carbonyl (C=O) groups excluding carboxylic acids is 1. The Bertz CT molecular complexity index is 1710. The Hall–Kier alpha value is -4.49. The lowest BCUT2D eigenvalue weighted by Gasteiger charge is -2.44. The van der Waals surface area contributed by atoms with Gasteiger partial charge in [0.15, 0.2) is 0 Å². The van der Waals surface area contributed by atoms with Crippen LogP contribution in [0.2, 0.25) is 0 Å². The van der Waals surface area contributed by atoms with Crippen LogP contribution in [0.5, 0.6) is 11.5 Å². The third kappa shape index (κ3) is 7.18. The number of nitrogens with zero attached hydrogens (tertiary/aromatic N) is 6. The number of aliphatic hydroxyl groups is 1. The van der Waals surface area contributed by atoms with Gasteiger partial charge in [-0.05, 0) is 51.5 Å². The van der Waals surface area contributed by atoms with E-state index >= 15 is 0 Å². The van der Waals surface area contributed by atoms with E-state index in [0.717, 1.165) is 65.7 Å². The molecule has 1 amide bonds. The number of ether oxygens (including phenoxy) is 4. The minimum Gasteiger partial charge on any atom is -0.456 e. The molecule has 0 saturated carbocycles. The highest BCUT2D eigenvalue weighted by Crippen LogP contribution is 2.58. The van der Waals surface area contributed by atoms with E-state index in [-0.39, 0.29) is 19.1 Å². The first-order chi connectivity index (χ1) is 25.0. The van der Waals surface area contributed by atoms with Crippen molar-refractivity contribution in [2.45, 2.75) is 46.4 Å². The van der Waals surface area contributed by atoms with Crippen molar-refractivity contribution in [1.82, 2.24) is 19.9 Å². The predicted molar refractivity (Wildman–Crippen MR) is 196 cm³/mol. The zero-order valence-electron chi connectivity index (χ0n) is 30.2. The van der Waals surface area contributed by atoms with Crippen LogP contribution in [-0.2, 0) is 32.9 Å². The van der Waals surface area contributed by atoms with Crippen LogP contribution >= 0.6 is 0 Å². The van der Waals surface area contributed by atoms with Gasteiger partial charge in [-0.15, -0.1) is 5.10 Å². The van der Waals surface area contributed by atoms with Crippen molar-refractivity contribution < 1.29 is 28.8 Å². The fraction of sp³-hybridized carbons (Fsp3) is 0.462. The van der Waals surface area contributed by atoms with Crippen LogP contribution in [0.3, 0.4) is 0 Å². The molecule has 4 aromatic rings. The van der Waals surface area contributed by atoms with Crippen LogP contribution in [0.15, 0.2) is 66.9 Å². The molecule has 0 atom stereocenters. The number of carbonyl (C=O) groups is 1. The van der Waals surface area contributed by atoms with Crippen LogP contribution < -0.4 is 14.5 Å². The van der Waals surface area contributed by atoms with Gasteiger partial charge >= 0.3 is 0 Å². The van der Waals surface area contributed by atoms with E-state index in [1.165, 1.54) is 0 Å². The molecule has 0 aliphatic carbocycles. The Morgan fingerprint density at radius 2 is 1.35 bits per heavy atom. The quantitative estimate of drug-likeness (QED) is 0.133. The molecule has 1 aromatic heterocycles. The van der Waals surface area contributed by atoms with E-state index in [9.17, 15) is 4.79 Å². The normalized spacial score (nSPS) is 14.0. The van der Waals surface area contributed by atoms with Crippen molar-refractivity contribution in [1.29, 1.82) is 0 Å². The molecule has 0 unspecified atom stereocenters. The fourth-order valence-corrected chi connectivity index (χ4v) is 7.29. The van der Waals surface area contributed by atoms with Crippen molar-refractivity contribution in [3.8, 4) is 11.5 Å². The minimum atomic E-state index is -0.907. The number of hydrogen-bond donors (Lipinski definition) is 1. The molecule has 1 spiro atoms. The maximum Gasteiger partial charge on any atom is 0.255 e. The molecule has 3 heterocycles. The first kappa shape index (κ1) is 36.3. The van der Waals surface area contributed by atoms with Gasteiger partial charge in [-0.3, -0.25) is 4.79 Å². The summed E-state index contributed by atoms with van der Waals surface area (Å²) in [4.78, 5) is 21.0. The topological polar surface area (TPSA) is 115 Å². The second-order valence-corrected chi connectivity index (χ2v) is 12.5. The number of aliphatic hydroxyl groups excluding tert-OH is 1. The first-order valence-electron chi connectivity index (χ1n) is 18.1. The highest BCUT2D eigenvalue weighted by atomic mass is 16.5. The monoisotopic (exact) mass is 698 g/mol. The van der Waals surface area contributed by atoms with Crippen molar-refractivity contribution in [2.24, 2.45) is 0 Å². The van der Waals surface area contributed by atoms with Crippen LogP contribution in [-0.4, -0.2) is 103 Å². The molecule has 272 valence electrons. The van der Waals surface area contributed by atoms with Crippen LogP contribution in [0.25, 0.3) is 0 Å². The Balaban J connectivity index is 1.27. The van der Waals surface area contributed by atoms with Gasteiger partial charge in [-0.2, -0.15) is 0 Å². The van der Waals surface area contributed by atoms with Gasteiger partial charge in [0.1, 0.15) is 22.7 Å². The van der Waals surface area contributed by atoms with E-state index in [2.05, 4.69) is 90.3 Å². The van der Waals surface area contributed by atoms with E-state index in [0.29, 0.717) is 57.4 Å². The van der Waals surface area contributed by atoms with Crippen molar-refractivity contribution in [3.05, 3.63) is 94.8 Å². The Morgan fingerprint density at radius 1 is 0.745 bits per heavy atom. The average molecular weight is 699 g/mol. The smallest absolute Gasteiger partial charge is 0.255 e. The van der Waals surface area contributed by atoms with Gasteiger partial charge < -0.3 is 38.8 Å². The number of hydrogen-bond acceptors (Lipinski definition) is 10. The van der Waals surface area contributed by atoms with Gasteiger partial charge in [0.05, 0.1) is 59.0 Å². The fourth-order valence-electron chi connectivity index (χ4n) is 7.29. The SMILES string of the molecule is CCN(CC)c1ccc2c(c1)Oc1cc(N(CC)CC)ccc1C21c2ccccc2C(=O)N1CCOCc1cn(CCOCCOCCO)nn1. The molecule has 2 aliphatic rings. The van der Waals surface area contributed by atoms with Crippen molar-refractivity contribution in [3.63, 3.8) is 0 Å². The molecule has 0 saturated heterocycles. The molecule has 51 heavy (non-hydrogen) atoms. The second kappa shape index (κ2) is 16.7. The van der Waals surface area contributed by atoms with Crippen LogP contribution in [0.4, 0.5) is 11.4 Å². The third-order valence-corrected chi connectivity index (χ3v) is 9.75. The Kier molecular flexibility index (Phi) is 11.9. The molecule has 2 aliphatic heterocycles. The summed E-state index contributed by atoms with van der Waals surface area (Å²) in [6.45, 7) is 15.2. The Labute approximate surface area is 300 Å². The van der Waals surface area contributed by atoms with Crippen molar-refractivity contribution >= 4 is 17.3 Å². The number of amides is 1. The predicted octanol–water partition coefficient (Wildman–Crippen LogP) is 5.07. The van der Waals surface area contributed by atoms with Crippen molar-refractivity contribution in [2.75, 3.05) is 82.2 Å². The van der Waals surface area contributed by atoms with E-state index in [1.54, 1.807) is 4.68 Å². The number of anilines is 2. The largest absolute Gasteiger partial charge is 0.456 e. The van der Waals surface area contributed by atoms with E-state index < -0.39 is 5.54 Å². The molecule has 0 fully saturated rings. The Morgan fingerprint density at radius 3 is 1.98 bits per heavy atom. The molecule has 3 aromatic carbocycles. The lowest BCUT2D eigenvalue weighted by Crippen LogP contribution is -2.48. The molecule has 12 nitrogen and oxygen atoms in total. The lowest BCUT2D eigenvalue weighted by molar-refractivity contribution is 0.0302. The molecule has 0 radical (unpaired) electrons. The molecule has 12 heteroatoms. The molecular weight excluding hydrogens is 648 g/mol. The first-order valence-corrected chi connectivity index (χ1v) is 18.1. The zero-order chi connectivity index (χ0) is 35.8. The highest BCUT2D eigenvalue weighted by molar-refractivity contribution is 6.02. The van der Waals surface area contributed by atoms with E-state index in [1.807, 2.05) is 29.3 Å². The summed E-state index contributed by atoms with van der Waals surface area (Å²) in [6, 6.07) is 20.7. The molecular formula is C39H50N6O6. The maximum absolute atomic E-state index is 14.4. The zero-order valence-corrected chi connectivity index (χ0v) is 30.2. The summed E-state index contributed by atoms with van der Waals surface area (Å²) in [7, 11) is 0. The number of aromatic nitrogens is 3. The van der Waals surface area contributed by atoms with E-state index in [4.69, 9.17) is 24.1 Å². The summed E-state index contributed by atoms with van der Waals surface area (Å²) < 4.78 is 25.5. The van der Waals surface area contributed by atoms with Gasteiger partial charge in [-0.25, -0.2) is 4.68 Å². The van der Waals surface area contributed by atoms with Gasteiger partial charge in [-0.1, -0.05) is 35.5 Å². The van der Waals surface area contributed by atoms with Crippen LogP contribution in [0, 0.1) is 0 Å². The second-order valence-electron chi connectivity index (χ2n) is 12.5. The summed E-state index contributed by atoms with van der Waals surface area (Å²) in [5.41, 5.74) is 5.44.